The molecule has 1 aromatic carbocycles. The van der Waals surface area contributed by atoms with Gasteiger partial charge < -0.3 is 15.6 Å². The first-order valence-electron chi connectivity index (χ1n) is 8.62. The molecule has 2 aliphatic heterocycles. The van der Waals surface area contributed by atoms with Crippen LogP contribution < -0.4 is 10.6 Å². The Morgan fingerprint density at radius 1 is 1.26 bits per heavy atom. The van der Waals surface area contributed by atoms with Gasteiger partial charge in [-0.3, -0.25) is 9.69 Å². The van der Waals surface area contributed by atoms with Crippen LogP contribution in [0.4, 0.5) is 0 Å². The van der Waals surface area contributed by atoms with E-state index in [1.807, 2.05) is 0 Å². The number of benzene rings is 1. The third kappa shape index (κ3) is 2.11. The van der Waals surface area contributed by atoms with Crippen LogP contribution >= 0.6 is 0 Å². The lowest BCUT2D eigenvalue weighted by molar-refractivity contribution is -0.125. The lowest BCUT2D eigenvalue weighted by Crippen LogP contribution is -2.59. The van der Waals surface area contributed by atoms with Gasteiger partial charge in [-0.2, -0.15) is 0 Å². The summed E-state index contributed by atoms with van der Waals surface area (Å²) in [6.07, 6.45) is 4.43. The van der Waals surface area contributed by atoms with E-state index < -0.39 is 0 Å². The van der Waals surface area contributed by atoms with Crippen molar-refractivity contribution in [3.63, 3.8) is 0 Å². The van der Waals surface area contributed by atoms with Gasteiger partial charge in [0.2, 0.25) is 5.91 Å². The highest BCUT2D eigenvalue weighted by atomic mass is 16.2. The third-order valence-electron chi connectivity index (χ3n) is 5.87. The molecular formula is C18H22N4O. The van der Waals surface area contributed by atoms with Crippen molar-refractivity contribution in [2.24, 2.45) is 0 Å². The number of nitrogens with one attached hydrogen (secondary N) is 3. The van der Waals surface area contributed by atoms with Crippen LogP contribution in [0.25, 0.3) is 10.9 Å². The van der Waals surface area contributed by atoms with Gasteiger partial charge in [-0.25, -0.2) is 0 Å². The van der Waals surface area contributed by atoms with Crippen molar-refractivity contribution >= 4 is 16.8 Å². The van der Waals surface area contributed by atoms with Gasteiger partial charge in [-0.05, 0) is 30.0 Å². The number of amides is 1. The Labute approximate surface area is 135 Å². The zero-order chi connectivity index (χ0) is 15.4. The topological polar surface area (TPSA) is 60.2 Å². The number of hydrogen-bond acceptors (Lipinski definition) is 3. The van der Waals surface area contributed by atoms with Crippen LogP contribution in [0, 0.1) is 0 Å². The van der Waals surface area contributed by atoms with E-state index in [0.29, 0.717) is 24.5 Å². The van der Waals surface area contributed by atoms with E-state index >= 15 is 0 Å². The summed E-state index contributed by atoms with van der Waals surface area (Å²) >= 11 is 0. The van der Waals surface area contributed by atoms with Crippen molar-refractivity contribution in [3.8, 4) is 0 Å². The maximum absolute atomic E-state index is 11.7. The Balaban J connectivity index is 1.47. The standard InChI is InChI=1S/C18H22N4O/c23-17-10-22(5-4-19-17)12-7-14-13-2-1-3-15-18(13)11(8-20-15)6-16(14)21-9-12/h1-3,8,12,14,16,20-21H,4-7,9-10H2,(H,19,23)/t12?,14-,16-/m1/s1. The van der Waals surface area contributed by atoms with Gasteiger partial charge in [-0.1, -0.05) is 12.1 Å². The maximum Gasteiger partial charge on any atom is 0.234 e. The second-order valence-corrected chi connectivity index (χ2v) is 7.12. The van der Waals surface area contributed by atoms with Crippen LogP contribution in [0.5, 0.6) is 0 Å². The lowest BCUT2D eigenvalue weighted by Gasteiger charge is -2.44. The van der Waals surface area contributed by atoms with Crippen molar-refractivity contribution in [2.75, 3.05) is 26.2 Å². The minimum absolute atomic E-state index is 0.164. The van der Waals surface area contributed by atoms with Crippen molar-refractivity contribution in [1.82, 2.24) is 20.5 Å². The van der Waals surface area contributed by atoms with E-state index in [1.165, 1.54) is 22.0 Å². The zero-order valence-electron chi connectivity index (χ0n) is 13.1. The van der Waals surface area contributed by atoms with Gasteiger partial charge in [0.25, 0.3) is 0 Å². The van der Waals surface area contributed by atoms with Gasteiger partial charge in [0.15, 0.2) is 0 Å². The fraction of sp³-hybridized carbons (Fsp3) is 0.500. The lowest BCUT2D eigenvalue weighted by atomic mass is 9.74. The molecular weight excluding hydrogens is 288 g/mol. The summed E-state index contributed by atoms with van der Waals surface area (Å²) in [5.41, 5.74) is 4.18. The molecule has 0 saturated carbocycles. The highest BCUT2D eigenvalue weighted by Gasteiger charge is 2.38. The number of rotatable bonds is 1. The molecule has 2 saturated heterocycles. The minimum Gasteiger partial charge on any atom is -0.361 e. The molecule has 1 amide bonds. The third-order valence-corrected chi connectivity index (χ3v) is 5.87. The number of hydrogen-bond donors (Lipinski definition) is 3. The summed E-state index contributed by atoms with van der Waals surface area (Å²) in [6.45, 7) is 3.28. The molecule has 0 radical (unpaired) electrons. The maximum atomic E-state index is 11.7. The fourth-order valence-corrected chi connectivity index (χ4v) is 4.77. The van der Waals surface area contributed by atoms with Crippen LogP contribution in [0.15, 0.2) is 24.4 Å². The number of fused-ring (bicyclic) bond motifs is 2. The highest BCUT2D eigenvalue weighted by molar-refractivity contribution is 5.88. The number of carbonyl (C=O) groups is 1. The van der Waals surface area contributed by atoms with Gasteiger partial charge in [0, 0.05) is 54.7 Å². The van der Waals surface area contributed by atoms with E-state index in [2.05, 4.69) is 44.9 Å². The van der Waals surface area contributed by atoms with Gasteiger partial charge in [0.1, 0.15) is 0 Å². The van der Waals surface area contributed by atoms with Crippen LogP contribution in [0.3, 0.4) is 0 Å². The molecule has 1 aromatic heterocycles. The minimum atomic E-state index is 0.164. The van der Waals surface area contributed by atoms with Crippen LogP contribution in [-0.2, 0) is 11.2 Å². The molecule has 3 aliphatic rings. The molecule has 5 nitrogen and oxygen atoms in total. The molecule has 2 fully saturated rings. The van der Waals surface area contributed by atoms with Crippen molar-refractivity contribution in [2.45, 2.75) is 30.8 Å². The fourth-order valence-electron chi connectivity index (χ4n) is 4.77. The second kappa shape index (κ2) is 5.08. The Morgan fingerprint density at radius 2 is 2.22 bits per heavy atom. The van der Waals surface area contributed by atoms with Crippen LogP contribution in [0.2, 0.25) is 0 Å². The Bertz CT molecular complexity index is 767. The number of piperidine rings is 1. The predicted octanol–water partition coefficient (Wildman–Crippen LogP) is 0.970. The molecule has 3 N–H and O–H groups in total. The van der Waals surface area contributed by atoms with Gasteiger partial charge in [-0.15, -0.1) is 0 Å². The normalized spacial score (nSPS) is 31.0. The molecule has 1 unspecified atom stereocenters. The van der Waals surface area contributed by atoms with E-state index in [-0.39, 0.29) is 5.91 Å². The van der Waals surface area contributed by atoms with E-state index in [9.17, 15) is 4.79 Å². The largest absolute Gasteiger partial charge is 0.361 e. The van der Waals surface area contributed by atoms with E-state index in [4.69, 9.17) is 0 Å². The van der Waals surface area contributed by atoms with Crippen LogP contribution in [-0.4, -0.2) is 54.1 Å². The summed E-state index contributed by atoms with van der Waals surface area (Å²) < 4.78 is 0. The first-order valence-corrected chi connectivity index (χ1v) is 8.62. The van der Waals surface area contributed by atoms with Crippen molar-refractivity contribution < 1.29 is 4.79 Å². The molecule has 2 aromatic rings. The molecule has 1 aliphatic carbocycles. The summed E-state index contributed by atoms with van der Waals surface area (Å²) in [5.74, 6) is 0.711. The van der Waals surface area contributed by atoms with Crippen molar-refractivity contribution in [1.29, 1.82) is 0 Å². The summed E-state index contributed by atoms with van der Waals surface area (Å²) in [6, 6.07) is 7.62. The SMILES string of the molecule is O=C1CN(C2CN[C@@H]3Cc4c[nH]c5cccc(c45)[C@H]3C2)CCN1. The number of piperazine rings is 1. The number of aromatic nitrogens is 1. The Morgan fingerprint density at radius 3 is 3.13 bits per heavy atom. The molecule has 23 heavy (non-hydrogen) atoms. The zero-order valence-corrected chi connectivity index (χ0v) is 13.1. The van der Waals surface area contributed by atoms with Gasteiger partial charge >= 0.3 is 0 Å². The number of H-pyrrole nitrogens is 1. The number of nitrogens with zero attached hydrogens (tertiary/aromatic N) is 1. The van der Waals surface area contributed by atoms with E-state index in [0.717, 1.165) is 32.5 Å². The average molecular weight is 310 g/mol. The molecule has 120 valence electrons. The van der Waals surface area contributed by atoms with Crippen molar-refractivity contribution in [3.05, 3.63) is 35.5 Å². The predicted molar refractivity (Wildman–Crippen MR) is 89.5 cm³/mol. The summed E-state index contributed by atoms with van der Waals surface area (Å²) in [5, 5.41) is 8.14. The number of carbonyl (C=O) groups excluding carboxylic acids is 1. The van der Waals surface area contributed by atoms with E-state index in [1.54, 1.807) is 0 Å². The van der Waals surface area contributed by atoms with Crippen LogP contribution in [0.1, 0.15) is 23.5 Å². The Kier molecular flexibility index (Phi) is 3.00. The Hall–Kier alpha value is -1.85. The summed E-state index contributed by atoms with van der Waals surface area (Å²) in [7, 11) is 0. The average Bonchev–Trinajstić information content (AvgIpc) is 2.99. The second-order valence-electron chi connectivity index (χ2n) is 7.12. The molecule has 0 bridgehead atoms. The molecule has 0 spiro atoms. The molecule has 3 heterocycles. The first kappa shape index (κ1) is 13.6. The highest BCUT2D eigenvalue weighted by Crippen LogP contribution is 2.41. The molecule has 5 rings (SSSR count). The first-order chi connectivity index (χ1) is 11.3. The monoisotopic (exact) mass is 310 g/mol. The summed E-state index contributed by atoms with van der Waals surface area (Å²) in [4.78, 5) is 17.5. The molecule has 5 heteroatoms. The smallest absolute Gasteiger partial charge is 0.234 e. The number of aromatic amines is 1. The van der Waals surface area contributed by atoms with Gasteiger partial charge in [0.05, 0.1) is 6.54 Å². The quantitative estimate of drug-likeness (QED) is 0.735. The molecule has 3 atom stereocenters.